The summed E-state index contributed by atoms with van der Waals surface area (Å²) in [5, 5.41) is 14.2. The highest BCUT2D eigenvalue weighted by Gasteiger charge is 2.19. The molecule has 15 heavy (non-hydrogen) atoms. The first kappa shape index (κ1) is 9.72. The molecular weight excluding hydrogens is 222 g/mol. The Morgan fingerprint density at radius 1 is 1.67 bits per heavy atom. The van der Waals surface area contributed by atoms with Crippen LogP contribution in [0.1, 0.15) is 5.76 Å². The second-order valence-corrected chi connectivity index (χ2v) is 3.24. The first-order valence-electron chi connectivity index (χ1n) is 4.06. The van der Waals surface area contributed by atoms with Crippen molar-refractivity contribution in [3.8, 4) is 0 Å². The number of hydrogen-bond donors (Lipinski definition) is 0. The van der Waals surface area contributed by atoms with E-state index in [9.17, 15) is 10.1 Å². The molecule has 78 valence electrons. The Bertz CT molecular complexity index is 477. The fraction of sp³-hybridized carbons (Fsp3) is 0.125. The molecule has 7 heteroatoms. The number of furan rings is 1. The minimum Gasteiger partial charge on any atom is -0.467 e. The van der Waals surface area contributed by atoms with Crippen molar-refractivity contribution in [2.75, 3.05) is 0 Å². The van der Waals surface area contributed by atoms with Gasteiger partial charge in [0, 0.05) is 0 Å². The molecule has 0 amide bonds. The van der Waals surface area contributed by atoms with Crippen LogP contribution in [0.2, 0.25) is 5.02 Å². The number of halogens is 1. The van der Waals surface area contributed by atoms with Crippen molar-refractivity contribution in [3.05, 3.63) is 45.5 Å². The normalized spacial score (nSPS) is 10.5. The van der Waals surface area contributed by atoms with Crippen molar-refractivity contribution < 1.29 is 9.34 Å². The lowest BCUT2D eigenvalue weighted by atomic mass is 10.4. The third kappa shape index (κ3) is 1.99. The summed E-state index contributed by atoms with van der Waals surface area (Å²) < 4.78 is 6.43. The lowest BCUT2D eigenvalue weighted by Crippen LogP contribution is -2.00. The fourth-order valence-corrected chi connectivity index (χ4v) is 1.37. The van der Waals surface area contributed by atoms with Crippen molar-refractivity contribution >= 4 is 17.4 Å². The molecule has 0 bridgehead atoms. The zero-order chi connectivity index (χ0) is 10.8. The van der Waals surface area contributed by atoms with Crippen LogP contribution in [0.25, 0.3) is 0 Å². The zero-order valence-electron chi connectivity index (χ0n) is 7.46. The molecule has 6 nitrogen and oxygen atoms in total. The summed E-state index contributed by atoms with van der Waals surface area (Å²) in [4.78, 5) is 9.84. The van der Waals surface area contributed by atoms with E-state index in [1.165, 1.54) is 17.1 Å². The van der Waals surface area contributed by atoms with Gasteiger partial charge in [-0.3, -0.25) is 0 Å². The van der Waals surface area contributed by atoms with Crippen molar-refractivity contribution in [3.63, 3.8) is 0 Å². The Labute approximate surface area is 89.2 Å². The minimum absolute atomic E-state index is 0.0200. The van der Waals surface area contributed by atoms with Crippen molar-refractivity contribution in [1.29, 1.82) is 0 Å². The van der Waals surface area contributed by atoms with E-state index in [0.717, 1.165) is 0 Å². The predicted octanol–water partition coefficient (Wildman–Crippen LogP) is 2.09. The van der Waals surface area contributed by atoms with Crippen molar-refractivity contribution in [2.45, 2.75) is 6.54 Å². The van der Waals surface area contributed by atoms with Gasteiger partial charge in [-0.25, -0.2) is 0 Å². The topological polar surface area (TPSA) is 74.1 Å². The van der Waals surface area contributed by atoms with Gasteiger partial charge in [0.15, 0.2) is 5.02 Å². The lowest BCUT2D eigenvalue weighted by molar-refractivity contribution is -0.389. The molecule has 0 aliphatic rings. The lowest BCUT2D eigenvalue weighted by Gasteiger charge is -1.90. The molecule has 0 saturated heterocycles. The molecule has 0 fully saturated rings. The highest BCUT2D eigenvalue weighted by atomic mass is 35.5. The van der Waals surface area contributed by atoms with E-state index in [-0.39, 0.29) is 10.8 Å². The summed E-state index contributed by atoms with van der Waals surface area (Å²) in [6, 6.07) is 3.48. The van der Waals surface area contributed by atoms with Crippen LogP contribution in [-0.4, -0.2) is 14.7 Å². The number of nitrogens with zero attached hydrogens (tertiary/aromatic N) is 3. The predicted molar refractivity (Wildman–Crippen MR) is 51.7 cm³/mol. The van der Waals surface area contributed by atoms with E-state index >= 15 is 0 Å². The van der Waals surface area contributed by atoms with Gasteiger partial charge < -0.3 is 14.5 Å². The minimum atomic E-state index is -0.624. The summed E-state index contributed by atoms with van der Waals surface area (Å²) in [6.07, 6.45) is 2.91. The molecule has 0 aromatic carbocycles. The molecule has 2 heterocycles. The second-order valence-electron chi connectivity index (χ2n) is 2.83. The monoisotopic (exact) mass is 227 g/mol. The van der Waals surface area contributed by atoms with Crippen LogP contribution in [-0.2, 0) is 6.54 Å². The molecule has 0 atom stereocenters. The van der Waals surface area contributed by atoms with E-state index in [1.807, 2.05) is 0 Å². The van der Waals surface area contributed by atoms with Gasteiger partial charge >= 0.3 is 5.82 Å². The standard InChI is InChI=1S/C8H6ClN3O3/c9-7-5-11(10-8(7)12(13)14)4-6-2-1-3-15-6/h1-3,5H,4H2. The first-order valence-corrected chi connectivity index (χ1v) is 4.44. The quantitative estimate of drug-likeness (QED) is 0.594. The SMILES string of the molecule is O=[N+]([O-])c1nn(Cc2ccco2)cc1Cl. The molecule has 0 radical (unpaired) electrons. The Kier molecular flexibility index (Phi) is 2.42. The van der Waals surface area contributed by atoms with Crippen molar-refractivity contribution in [1.82, 2.24) is 9.78 Å². The Hall–Kier alpha value is -1.82. The molecule has 2 aromatic heterocycles. The fourth-order valence-electron chi connectivity index (χ4n) is 1.15. The summed E-state index contributed by atoms with van der Waals surface area (Å²) in [5.74, 6) is 0.312. The number of nitro groups is 1. The maximum atomic E-state index is 10.5. The van der Waals surface area contributed by atoms with Gasteiger partial charge in [0.05, 0.1) is 17.6 Å². The van der Waals surface area contributed by atoms with Crippen LogP contribution < -0.4 is 0 Å². The van der Waals surface area contributed by atoms with E-state index in [2.05, 4.69) is 5.10 Å². The summed E-state index contributed by atoms with van der Waals surface area (Å²) in [5.41, 5.74) is 0. The molecule has 0 unspecified atom stereocenters. The Morgan fingerprint density at radius 3 is 3.00 bits per heavy atom. The summed E-state index contributed by atoms with van der Waals surface area (Å²) in [7, 11) is 0. The average molecular weight is 228 g/mol. The zero-order valence-corrected chi connectivity index (χ0v) is 8.22. The third-order valence-corrected chi connectivity index (χ3v) is 2.04. The summed E-state index contributed by atoms with van der Waals surface area (Å²) >= 11 is 5.62. The van der Waals surface area contributed by atoms with Crippen LogP contribution >= 0.6 is 11.6 Å². The first-order chi connectivity index (χ1) is 7.16. The second kappa shape index (κ2) is 3.74. The Morgan fingerprint density at radius 2 is 2.47 bits per heavy atom. The van der Waals surface area contributed by atoms with E-state index in [1.54, 1.807) is 12.1 Å². The van der Waals surface area contributed by atoms with Gasteiger partial charge in [-0.2, -0.15) is 4.68 Å². The number of aromatic nitrogens is 2. The smallest absolute Gasteiger partial charge is 0.408 e. The van der Waals surface area contributed by atoms with Crippen LogP contribution in [0.4, 0.5) is 5.82 Å². The molecule has 0 saturated carbocycles. The molecule has 0 N–H and O–H groups in total. The number of hydrogen-bond acceptors (Lipinski definition) is 4. The highest BCUT2D eigenvalue weighted by Crippen LogP contribution is 2.21. The molecule has 0 spiro atoms. The van der Waals surface area contributed by atoms with Gasteiger partial charge in [-0.1, -0.05) is 11.6 Å². The maximum Gasteiger partial charge on any atom is 0.408 e. The summed E-state index contributed by atoms with van der Waals surface area (Å²) in [6.45, 7) is 0.320. The van der Waals surface area contributed by atoms with Crippen LogP contribution in [0.15, 0.2) is 29.0 Å². The molecule has 0 aliphatic heterocycles. The van der Waals surface area contributed by atoms with Crippen LogP contribution in [0.3, 0.4) is 0 Å². The molecule has 2 aromatic rings. The van der Waals surface area contributed by atoms with Crippen LogP contribution in [0.5, 0.6) is 0 Å². The van der Waals surface area contributed by atoms with E-state index in [0.29, 0.717) is 12.3 Å². The van der Waals surface area contributed by atoms with E-state index in [4.69, 9.17) is 16.0 Å². The maximum absolute atomic E-state index is 10.5. The molecule has 2 rings (SSSR count). The average Bonchev–Trinajstić information content (AvgIpc) is 2.75. The van der Waals surface area contributed by atoms with Crippen molar-refractivity contribution in [2.24, 2.45) is 0 Å². The Balaban J connectivity index is 2.23. The van der Waals surface area contributed by atoms with Gasteiger partial charge in [0.1, 0.15) is 12.3 Å². The largest absolute Gasteiger partial charge is 0.467 e. The highest BCUT2D eigenvalue weighted by molar-refractivity contribution is 6.32. The van der Waals surface area contributed by atoms with Gasteiger partial charge in [0.25, 0.3) is 0 Å². The third-order valence-electron chi connectivity index (χ3n) is 1.77. The molecular formula is C8H6ClN3O3. The van der Waals surface area contributed by atoms with E-state index < -0.39 is 4.92 Å². The van der Waals surface area contributed by atoms with Gasteiger partial charge in [0.2, 0.25) is 0 Å². The molecule has 0 aliphatic carbocycles. The van der Waals surface area contributed by atoms with Gasteiger partial charge in [-0.15, -0.1) is 0 Å². The van der Waals surface area contributed by atoms with Gasteiger partial charge in [-0.05, 0) is 17.1 Å². The number of rotatable bonds is 3. The van der Waals surface area contributed by atoms with Crippen LogP contribution in [0, 0.1) is 10.1 Å².